The Morgan fingerprint density at radius 2 is 1.84 bits per heavy atom. The van der Waals surface area contributed by atoms with Crippen molar-refractivity contribution in [2.75, 3.05) is 26.2 Å². The zero-order valence-corrected chi connectivity index (χ0v) is 19.3. The Balaban J connectivity index is 1.98. The minimum atomic E-state index is -0.641. The normalized spacial score (nSPS) is 18.4. The maximum absolute atomic E-state index is 13.0. The quantitative estimate of drug-likeness (QED) is 0.356. The maximum atomic E-state index is 13.0. The van der Waals surface area contributed by atoms with Crippen LogP contribution in [0, 0.1) is 0 Å². The van der Waals surface area contributed by atoms with E-state index in [2.05, 4.69) is 18.7 Å². The topological polar surface area (TPSA) is 70.1 Å². The largest absolute Gasteiger partial charge is 0.507 e. The van der Waals surface area contributed by atoms with Gasteiger partial charge in [-0.15, -0.1) is 11.3 Å². The fourth-order valence-corrected chi connectivity index (χ4v) is 4.61. The predicted octanol–water partition coefficient (Wildman–Crippen LogP) is 4.30. The molecule has 1 atom stereocenters. The van der Waals surface area contributed by atoms with Gasteiger partial charge in [0.15, 0.2) is 0 Å². The molecule has 1 aromatic carbocycles. The van der Waals surface area contributed by atoms with Crippen molar-refractivity contribution in [1.82, 2.24) is 9.80 Å². The Morgan fingerprint density at radius 3 is 2.39 bits per heavy atom. The van der Waals surface area contributed by atoms with E-state index in [0.29, 0.717) is 24.4 Å². The number of carbonyl (C=O) groups is 2. The molecule has 0 bridgehead atoms. The second kappa shape index (κ2) is 10.1. The van der Waals surface area contributed by atoms with E-state index in [1.54, 1.807) is 29.2 Å². The maximum Gasteiger partial charge on any atom is 0.295 e. The van der Waals surface area contributed by atoms with Gasteiger partial charge in [0.1, 0.15) is 11.5 Å². The third-order valence-corrected chi connectivity index (χ3v) is 6.33. The number of amides is 1. The minimum Gasteiger partial charge on any atom is -0.507 e. The highest BCUT2D eigenvalue weighted by molar-refractivity contribution is 7.10. The SMILES string of the molecule is CCN(CC)CCN1C(=O)C(=O)/C(=C(/O)c2ccc(OC(C)C)cc2)[C@@H]1c1cccs1. The van der Waals surface area contributed by atoms with Gasteiger partial charge in [0.25, 0.3) is 11.7 Å². The Morgan fingerprint density at radius 1 is 1.16 bits per heavy atom. The van der Waals surface area contributed by atoms with E-state index in [-0.39, 0.29) is 17.4 Å². The summed E-state index contributed by atoms with van der Waals surface area (Å²) in [6, 6.07) is 10.1. The van der Waals surface area contributed by atoms with Crippen LogP contribution in [0.5, 0.6) is 5.75 Å². The molecule has 1 aliphatic rings. The summed E-state index contributed by atoms with van der Waals surface area (Å²) in [5.41, 5.74) is 0.629. The van der Waals surface area contributed by atoms with E-state index in [9.17, 15) is 14.7 Å². The second-order valence-electron chi connectivity index (χ2n) is 7.73. The number of rotatable bonds is 9. The molecule has 1 fully saturated rings. The Labute approximate surface area is 187 Å². The number of aliphatic hydroxyl groups is 1. The lowest BCUT2D eigenvalue weighted by Crippen LogP contribution is -2.37. The number of carbonyl (C=O) groups excluding carboxylic acids is 2. The van der Waals surface area contributed by atoms with Crippen LogP contribution in [0.15, 0.2) is 47.4 Å². The monoisotopic (exact) mass is 442 g/mol. The number of Topliss-reactive ketones (excluding diaryl/α,β-unsaturated/α-hetero) is 1. The molecule has 2 heterocycles. The lowest BCUT2D eigenvalue weighted by molar-refractivity contribution is -0.140. The summed E-state index contributed by atoms with van der Waals surface area (Å²) in [6.07, 6.45) is 0.0365. The van der Waals surface area contributed by atoms with E-state index in [1.807, 2.05) is 31.4 Å². The number of likely N-dealkylation sites (tertiary alicyclic amines) is 1. The van der Waals surface area contributed by atoms with Crippen molar-refractivity contribution in [3.8, 4) is 5.75 Å². The molecule has 166 valence electrons. The van der Waals surface area contributed by atoms with Crippen molar-refractivity contribution < 1.29 is 19.4 Å². The van der Waals surface area contributed by atoms with E-state index < -0.39 is 17.7 Å². The van der Waals surface area contributed by atoms with Gasteiger partial charge in [-0.1, -0.05) is 19.9 Å². The average molecular weight is 443 g/mol. The summed E-state index contributed by atoms with van der Waals surface area (Å²) in [5.74, 6) is -0.677. The lowest BCUT2D eigenvalue weighted by atomic mass is 10.00. The van der Waals surface area contributed by atoms with Crippen LogP contribution in [0.2, 0.25) is 0 Å². The number of hydrogen-bond acceptors (Lipinski definition) is 6. The molecule has 0 aliphatic carbocycles. The molecular formula is C24H30N2O4S. The first-order valence-corrected chi connectivity index (χ1v) is 11.6. The number of benzene rings is 1. The number of aliphatic hydroxyl groups excluding tert-OH is 1. The molecule has 1 N–H and O–H groups in total. The Kier molecular flexibility index (Phi) is 7.51. The zero-order chi connectivity index (χ0) is 22.5. The number of hydrogen-bond donors (Lipinski definition) is 1. The Bertz CT molecular complexity index is 931. The first-order valence-electron chi connectivity index (χ1n) is 10.7. The van der Waals surface area contributed by atoms with Crippen LogP contribution in [0.4, 0.5) is 0 Å². The molecule has 7 heteroatoms. The average Bonchev–Trinajstić information content (AvgIpc) is 3.36. The summed E-state index contributed by atoms with van der Waals surface area (Å²) in [7, 11) is 0. The van der Waals surface area contributed by atoms with Crippen molar-refractivity contribution in [3.63, 3.8) is 0 Å². The summed E-state index contributed by atoms with van der Waals surface area (Å²) in [4.78, 5) is 30.6. The van der Waals surface area contributed by atoms with Crippen LogP contribution in [-0.4, -0.2) is 58.9 Å². The predicted molar refractivity (Wildman–Crippen MR) is 123 cm³/mol. The Hall–Kier alpha value is -2.64. The van der Waals surface area contributed by atoms with Gasteiger partial charge in [0, 0.05) is 23.5 Å². The molecule has 0 saturated carbocycles. The van der Waals surface area contributed by atoms with E-state index in [0.717, 1.165) is 18.0 Å². The van der Waals surface area contributed by atoms with E-state index >= 15 is 0 Å². The molecule has 3 rings (SSSR count). The van der Waals surface area contributed by atoms with Crippen LogP contribution in [0.3, 0.4) is 0 Å². The van der Waals surface area contributed by atoms with Crippen LogP contribution in [0.1, 0.15) is 44.2 Å². The molecule has 1 saturated heterocycles. The molecular weight excluding hydrogens is 412 g/mol. The van der Waals surface area contributed by atoms with Gasteiger partial charge in [-0.2, -0.15) is 0 Å². The van der Waals surface area contributed by atoms with Gasteiger partial charge in [-0.3, -0.25) is 9.59 Å². The summed E-state index contributed by atoms with van der Waals surface area (Å²) in [6.45, 7) is 10.9. The molecule has 0 spiro atoms. The van der Waals surface area contributed by atoms with Gasteiger partial charge in [0.05, 0.1) is 17.7 Å². The third kappa shape index (κ3) is 4.99. The molecule has 1 amide bonds. The van der Waals surface area contributed by atoms with Crippen molar-refractivity contribution in [1.29, 1.82) is 0 Å². The van der Waals surface area contributed by atoms with Gasteiger partial charge in [-0.05, 0) is 62.6 Å². The van der Waals surface area contributed by atoms with Crippen molar-refractivity contribution in [3.05, 3.63) is 57.8 Å². The number of ketones is 1. The summed E-state index contributed by atoms with van der Waals surface area (Å²) in [5, 5.41) is 13.0. The fourth-order valence-electron chi connectivity index (χ4n) is 3.76. The van der Waals surface area contributed by atoms with Crippen LogP contribution >= 0.6 is 11.3 Å². The molecule has 0 radical (unpaired) electrons. The fraction of sp³-hybridized carbons (Fsp3) is 0.417. The van der Waals surface area contributed by atoms with Crippen molar-refractivity contribution in [2.45, 2.75) is 39.8 Å². The van der Waals surface area contributed by atoms with Gasteiger partial charge in [0.2, 0.25) is 0 Å². The summed E-state index contributed by atoms with van der Waals surface area (Å²) < 4.78 is 5.66. The number of thiophene rings is 1. The van der Waals surface area contributed by atoms with Gasteiger partial charge in [-0.25, -0.2) is 0 Å². The van der Waals surface area contributed by atoms with E-state index in [4.69, 9.17) is 4.74 Å². The number of ether oxygens (including phenoxy) is 1. The van der Waals surface area contributed by atoms with Gasteiger partial charge < -0.3 is 19.6 Å². The highest BCUT2D eigenvalue weighted by Gasteiger charge is 2.46. The molecule has 2 aromatic rings. The molecule has 6 nitrogen and oxygen atoms in total. The highest BCUT2D eigenvalue weighted by atomic mass is 32.1. The van der Waals surface area contributed by atoms with Crippen molar-refractivity contribution >= 4 is 28.8 Å². The molecule has 0 unspecified atom stereocenters. The van der Waals surface area contributed by atoms with Gasteiger partial charge >= 0.3 is 0 Å². The number of likely N-dealkylation sites (N-methyl/N-ethyl adjacent to an activating group) is 1. The van der Waals surface area contributed by atoms with E-state index in [1.165, 1.54) is 11.3 Å². The zero-order valence-electron chi connectivity index (χ0n) is 18.5. The second-order valence-corrected chi connectivity index (χ2v) is 8.71. The van der Waals surface area contributed by atoms with Crippen molar-refractivity contribution in [2.24, 2.45) is 0 Å². The molecule has 31 heavy (non-hydrogen) atoms. The van der Waals surface area contributed by atoms with Crippen LogP contribution < -0.4 is 4.74 Å². The number of nitrogens with zero attached hydrogens (tertiary/aromatic N) is 2. The standard InChI is InChI=1S/C24H30N2O4S/c1-5-25(6-2)13-14-26-21(19-8-7-15-31-19)20(23(28)24(26)29)22(27)17-9-11-18(12-10-17)30-16(3)4/h7-12,15-16,21,27H,5-6,13-14H2,1-4H3/b22-20+/t21-/m0/s1. The smallest absolute Gasteiger partial charge is 0.295 e. The summed E-state index contributed by atoms with van der Waals surface area (Å²) >= 11 is 1.47. The lowest BCUT2D eigenvalue weighted by Gasteiger charge is -2.27. The first kappa shape index (κ1) is 23.0. The molecule has 1 aliphatic heterocycles. The van der Waals surface area contributed by atoms with Crippen LogP contribution in [-0.2, 0) is 9.59 Å². The van der Waals surface area contributed by atoms with Crippen LogP contribution in [0.25, 0.3) is 5.76 Å². The first-order chi connectivity index (χ1) is 14.9. The third-order valence-electron chi connectivity index (χ3n) is 5.40. The minimum absolute atomic E-state index is 0.0365. The highest BCUT2D eigenvalue weighted by Crippen LogP contribution is 2.41. The molecule has 1 aromatic heterocycles.